The molecule has 11 nitrogen and oxygen atoms in total. The SMILES string of the molecule is CCCCCCCCCCCCCCCCCCCCCC[C@@H](O)C(=O)N[C@@H](CO[C@H]1O[C@@H](CO)[C@H](O)[C@H](O)[C@@H]1O)[C@H](O)[C@H](O)CCCCCCCCCCC. The maximum absolute atomic E-state index is 13.1. The van der Waals surface area contributed by atoms with Crippen molar-refractivity contribution >= 4 is 5.91 Å². The Bertz CT molecular complexity index is 882. The van der Waals surface area contributed by atoms with E-state index in [1.54, 1.807) is 0 Å². The summed E-state index contributed by atoms with van der Waals surface area (Å²) in [4.78, 5) is 13.1. The van der Waals surface area contributed by atoms with Crippen LogP contribution in [0.1, 0.15) is 213 Å². The first-order chi connectivity index (χ1) is 27.2. The molecule has 0 bridgehead atoms. The second kappa shape index (κ2) is 36.0. The quantitative estimate of drug-likeness (QED) is 0.0289. The molecule has 0 spiro atoms. The van der Waals surface area contributed by atoms with Gasteiger partial charge in [0.1, 0.15) is 36.6 Å². The highest BCUT2D eigenvalue weighted by Crippen LogP contribution is 2.23. The summed E-state index contributed by atoms with van der Waals surface area (Å²) in [5.74, 6) is -0.695. The summed E-state index contributed by atoms with van der Waals surface area (Å²) in [5, 5.41) is 75.5. The summed E-state index contributed by atoms with van der Waals surface area (Å²) in [6.45, 7) is 3.42. The first kappa shape index (κ1) is 53.1. The Morgan fingerprint density at radius 2 is 0.929 bits per heavy atom. The number of amides is 1. The minimum absolute atomic E-state index is 0.266. The lowest BCUT2D eigenvalue weighted by Crippen LogP contribution is -2.60. The maximum Gasteiger partial charge on any atom is 0.249 e. The largest absolute Gasteiger partial charge is 0.394 e. The molecule has 1 amide bonds. The minimum Gasteiger partial charge on any atom is -0.394 e. The van der Waals surface area contributed by atoms with Crippen LogP contribution in [0.25, 0.3) is 0 Å². The minimum atomic E-state index is -1.65. The van der Waals surface area contributed by atoms with Crippen LogP contribution < -0.4 is 5.32 Å². The predicted octanol–water partition coefficient (Wildman–Crippen LogP) is 7.50. The van der Waals surface area contributed by atoms with Crippen LogP contribution in [0.3, 0.4) is 0 Å². The first-order valence-electron chi connectivity index (χ1n) is 23.4. The molecule has 56 heavy (non-hydrogen) atoms. The number of hydrogen-bond acceptors (Lipinski definition) is 10. The Hall–Kier alpha value is -0.890. The number of nitrogens with one attached hydrogen (secondary N) is 1. The summed E-state index contributed by atoms with van der Waals surface area (Å²) in [6, 6.07) is -1.16. The Labute approximate surface area is 341 Å². The molecule has 11 heteroatoms. The van der Waals surface area contributed by atoms with Crippen molar-refractivity contribution in [3.63, 3.8) is 0 Å². The summed E-state index contributed by atoms with van der Waals surface area (Å²) in [6.07, 6.45) is 24.5. The predicted molar refractivity (Wildman–Crippen MR) is 224 cm³/mol. The van der Waals surface area contributed by atoms with E-state index < -0.39 is 74.2 Å². The molecule has 334 valence electrons. The lowest BCUT2D eigenvalue weighted by atomic mass is 9.98. The summed E-state index contributed by atoms with van der Waals surface area (Å²) in [7, 11) is 0. The smallest absolute Gasteiger partial charge is 0.249 e. The summed E-state index contributed by atoms with van der Waals surface area (Å²) in [5.41, 5.74) is 0. The van der Waals surface area contributed by atoms with Crippen LogP contribution in [-0.2, 0) is 14.3 Å². The normalized spacial score (nSPS) is 22.2. The number of carbonyl (C=O) groups is 1. The Kier molecular flexibility index (Phi) is 34.2. The van der Waals surface area contributed by atoms with Gasteiger partial charge in [0.05, 0.1) is 25.4 Å². The second-order valence-corrected chi connectivity index (χ2v) is 16.8. The summed E-state index contributed by atoms with van der Waals surface area (Å²) < 4.78 is 11.1. The zero-order valence-corrected chi connectivity index (χ0v) is 35.9. The molecule has 0 saturated carbocycles. The molecule has 1 rings (SSSR count). The summed E-state index contributed by atoms with van der Waals surface area (Å²) >= 11 is 0. The number of rotatable bonds is 39. The fraction of sp³-hybridized carbons (Fsp3) is 0.978. The van der Waals surface area contributed by atoms with Gasteiger partial charge in [-0.15, -0.1) is 0 Å². The molecule has 8 N–H and O–H groups in total. The van der Waals surface area contributed by atoms with Crippen LogP contribution in [0, 0.1) is 0 Å². The second-order valence-electron chi connectivity index (χ2n) is 16.8. The Morgan fingerprint density at radius 1 is 0.554 bits per heavy atom. The van der Waals surface area contributed by atoms with Gasteiger partial charge in [-0.1, -0.05) is 200 Å². The molecule has 0 aromatic rings. The van der Waals surface area contributed by atoms with Crippen molar-refractivity contribution in [2.75, 3.05) is 13.2 Å². The van der Waals surface area contributed by atoms with Gasteiger partial charge in [0.25, 0.3) is 0 Å². The van der Waals surface area contributed by atoms with Crippen LogP contribution in [0.2, 0.25) is 0 Å². The molecule has 1 heterocycles. The standard InChI is InChI=1S/C45H89NO10/c1-3-5-7-9-11-13-14-15-16-17-18-19-20-21-22-23-25-27-29-31-33-38(49)44(54)46-36(35-55-45-43(53)42(52)41(51)39(34-47)56-45)40(50)37(48)32-30-28-26-24-12-10-8-6-4-2/h36-43,45,47-53H,3-35H2,1-2H3,(H,46,54)/t36-,37+,38+,39-,40-,41-,42-,43-,45-/m0/s1. The number of carbonyl (C=O) groups excluding carboxylic acids is 1. The number of unbranched alkanes of at least 4 members (excludes halogenated alkanes) is 27. The van der Waals surface area contributed by atoms with Crippen LogP contribution in [0.4, 0.5) is 0 Å². The van der Waals surface area contributed by atoms with Crippen LogP contribution >= 0.6 is 0 Å². The third-order valence-corrected chi connectivity index (χ3v) is 11.7. The van der Waals surface area contributed by atoms with Crippen molar-refractivity contribution in [1.29, 1.82) is 0 Å². The van der Waals surface area contributed by atoms with Gasteiger partial charge < -0.3 is 50.5 Å². The number of aliphatic hydroxyl groups is 7. The molecule has 0 radical (unpaired) electrons. The van der Waals surface area contributed by atoms with Crippen LogP contribution in [-0.4, -0.2) is 110 Å². The molecular formula is C45H89NO10. The van der Waals surface area contributed by atoms with Gasteiger partial charge in [-0.25, -0.2) is 0 Å². The van der Waals surface area contributed by atoms with E-state index in [0.29, 0.717) is 19.3 Å². The molecule has 0 aliphatic carbocycles. The van der Waals surface area contributed by atoms with Crippen molar-refractivity contribution in [2.24, 2.45) is 0 Å². The molecule has 1 aliphatic rings. The Balaban J connectivity index is 2.36. The zero-order valence-electron chi connectivity index (χ0n) is 35.9. The lowest BCUT2D eigenvalue weighted by molar-refractivity contribution is -0.303. The highest BCUT2D eigenvalue weighted by molar-refractivity contribution is 5.80. The van der Waals surface area contributed by atoms with Gasteiger partial charge in [0.2, 0.25) is 5.91 Å². The average Bonchev–Trinajstić information content (AvgIpc) is 3.20. The molecular weight excluding hydrogens is 714 g/mol. The van der Waals surface area contributed by atoms with E-state index >= 15 is 0 Å². The molecule has 1 saturated heterocycles. The van der Waals surface area contributed by atoms with Gasteiger partial charge in [-0.2, -0.15) is 0 Å². The van der Waals surface area contributed by atoms with Gasteiger partial charge in [0, 0.05) is 0 Å². The van der Waals surface area contributed by atoms with E-state index in [1.807, 2.05) is 0 Å². The number of ether oxygens (including phenoxy) is 2. The van der Waals surface area contributed by atoms with Crippen LogP contribution in [0.15, 0.2) is 0 Å². The molecule has 0 aromatic heterocycles. The van der Waals surface area contributed by atoms with Gasteiger partial charge in [-0.3, -0.25) is 4.79 Å². The average molecular weight is 804 g/mol. The molecule has 0 unspecified atom stereocenters. The fourth-order valence-corrected chi connectivity index (χ4v) is 7.74. The Morgan fingerprint density at radius 3 is 1.32 bits per heavy atom. The number of aliphatic hydroxyl groups excluding tert-OH is 7. The third kappa shape index (κ3) is 25.6. The van der Waals surface area contributed by atoms with E-state index in [9.17, 15) is 40.5 Å². The molecule has 1 fully saturated rings. The molecule has 1 aliphatic heterocycles. The topological polar surface area (TPSA) is 189 Å². The monoisotopic (exact) mass is 804 g/mol. The zero-order chi connectivity index (χ0) is 41.2. The highest BCUT2D eigenvalue weighted by Gasteiger charge is 2.44. The van der Waals surface area contributed by atoms with E-state index in [0.717, 1.165) is 38.5 Å². The fourth-order valence-electron chi connectivity index (χ4n) is 7.74. The van der Waals surface area contributed by atoms with Gasteiger partial charge >= 0.3 is 0 Å². The lowest BCUT2D eigenvalue weighted by Gasteiger charge is -2.40. The van der Waals surface area contributed by atoms with Crippen molar-refractivity contribution in [3.05, 3.63) is 0 Å². The van der Waals surface area contributed by atoms with E-state index in [2.05, 4.69) is 19.2 Å². The highest BCUT2D eigenvalue weighted by atomic mass is 16.7. The van der Waals surface area contributed by atoms with E-state index in [4.69, 9.17) is 9.47 Å². The van der Waals surface area contributed by atoms with Crippen molar-refractivity contribution in [2.45, 2.75) is 268 Å². The van der Waals surface area contributed by atoms with Crippen molar-refractivity contribution < 1.29 is 50.0 Å². The number of hydrogen-bond donors (Lipinski definition) is 8. The third-order valence-electron chi connectivity index (χ3n) is 11.7. The van der Waals surface area contributed by atoms with Gasteiger partial charge in [0.15, 0.2) is 6.29 Å². The maximum atomic E-state index is 13.1. The van der Waals surface area contributed by atoms with Crippen molar-refractivity contribution in [1.82, 2.24) is 5.32 Å². The molecule has 0 aromatic carbocycles. The van der Waals surface area contributed by atoms with E-state index in [-0.39, 0.29) is 6.42 Å². The van der Waals surface area contributed by atoms with Crippen LogP contribution in [0.5, 0.6) is 0 Å². The molecule has 9 atom stereocenters. The van der Waals surface area contributed by atoms with E-state index in [1.165, 1.54) is 135 Å². The first-order valence-corrected chi connectivity index (χ1v) is 23.4. The van der Waals surface area contributed by atoms with Gasteiger partial charge in [-0.05, 0) is 12.8 Å². The van der Waals surface area contributed by atoms with Crippen molar-refractivity contribution in [3.8, 4) is 0 Å².